The topological polar surface area (TPSA) is 32.7 Å². The van der Waals surface area contributed by atoms with Crippen LogP contribution in [-0.2, 0) is 4.74 Å². The van der Waals surface area contributed by atoms with Gasteiger partial charge in [-0.1, -0.05) is 32.0 Å². The number of rotatable bonds is 9. The van der Waals surface area contributed by atoms with Gasteiger partial charge in [0.2, 0.25) is 0 Å². The summed E-state index contributed by atoms with van der Waals surface area (Å²) < 4.78 is 19.0. The third-order valence-corrected chi connectivity index (χ3v) is 3.51. The highest BCUT2D eigenvalue weighted by atomic mass is 19.1. The number of nitrogens with zero attached hydrogens (tertiary/aromatic N) is 1. The maximum Gasteiger partial charge on any atom is 0.129 e. The van der Waals surface area contributed by atoms with Crippen LogP contribution in [0.4, 0.5) is 4.39 Å². The van der Waals surface area contributed by atoms with E-state index in [4.69, 9.17) is 4.74 Å². The molecule has 2 atom stereocenters. The Labute approximate surface area is 121 Å². The van der Waals surface area contributed by atoms with Gasteiger partial charge in [-0.3, -0.25) is 0 Å². The Balaban J connectivity index is 2.55. The molecular formula is C16H26FNO2. The second kappa shape index (κ2) is 9.06. The smallest absolute Gasteiger partial charge is 0.129 e. The van der Waals surface area contributed by atoms with Gasteiger partial charge in [0.05, 0.1) is 12.7 Å². The molecular weight excluding hydrogens is 257 g/mol. The molecule has 0 heterocycles. The van der Waals surface area contributed by atoms with Crippen molar-refractivity contribution in [1.82, 2.24) is 4.90 Å². The minimum atomic E-state index is -0.780. The molecule has 0 spiro atoms. The summed E-state index contributed by atoms with van der Waals surface area (Å²) in [7, 11) is 0. The van der Waals surface area contributed by atoms with E-state index in [0.29, 0.717) is 18.8 Å². The van der Waals surface area contributed by atoms with Crippen molar-refractivity contribution in [2.24, 2.45) is 5.92 Å². The summed E-state index contributed by atoms with van der Waals surface area (Å²) in [4.78, 5) is 2.21. The van der Waals surface area contributed by atoms with Gasteiger partial charge in [0.25, 0.3) is 0 Å². The molecule has 0 aliphatic carbocycles. The highest BCUT2D eigenvalue weighted by Gasteiger charge is 2.21. The third kappa shape index (κ3) is 5.19. The first-order valence-electron chi connectivity index (χ1n) is 7.32. The van der Waals surface area contributed by atoms with E-state index in [9.17, 15) is 9.50 Å². The molecule has 0 saturated heterocycles. The zero-order valence-electron chi connectivity index (χ0n) is 12.7. The quantitative estimate of drug-likeness (QED) is 0.707. The van der Waals surface area contributed by atoms with Crippen LogP contribution in [0.5, 0.6) is 0 Å². The van der Waals surface area contributed by atoms with E-state index in [1.807, 2.05) is 13.8 Å². The number of aliphatic hydroxyl groups is 1. The van der Waals surface area contributed by atoms with Crippen molar-refractivity contribution in [3.63, 3.8) is 0 Å². The van der Waals surface area contributed by atoms with Crippen molar-refractivity contribution >= 4 is 0 Å². The van der Waals surface area contributed by atoms with Crippen molar-refractivity contribution in [3.05, 3.63) is 35.6 Å². The molecule has 0 aliphatic heterocycles. The van der Waals surface area contributed by atoms with Crippen LogP contribution in [0.1, 0.15) is 32.4 Å². The van der Waals surface area contributed by atoms with Crippen molar-refractivity contribution in [3.8, 4) is 0 Å². The molecule has 1 aromatic rings. The zero-order valence-corrected chi connectivity index (χ0v) is 12.7. The molecule has 20 heavy (non-hydrogen) atoms. The molecule has 0 amide bonds. The molecule has 2 unspecified atom stereocenters. The molecule has 1 aromatic carbocycles. The Morgan fingerprint density at radius 2 is 2.00 bits per heavy atom. The summed E-state index contributed by atoms with van der Waals surface area (Å²) in [5.41, 5.74) is 0.376. The normalized spacial score (nSPS) is 14.5. The highest BCUT2D eigenvalue weighted by molar-refractivity contribution is 5.20. The van der Waals surface area contributed by atoms with Gasteiger partial charge >= 0.3 is 0 Å². The molecule has 1 rings (SSSR count). The summed E-state index contributed by atoms with van der Waals surface area (Å²) in [6.07, 6.45) is -0.780. The lowest BCUT2D eigenvalue weighted by molar-refractivity contribution is 0.0687. The van der Waals surface area contributed by atoms with Crippen LogP contribution in [0, 0.1) is 11.7 Å². The van der Waals surface area contributed by atoms with Crippen LogP contribution in [-0.4, -0.2) is 42.9 Å². The molecule has 1 N–H and O–H groups in total. The first-order chi connectivity index (χ1) is 9.60. The average molecular weight is 283 g/mol. The summed E-state index contributed by atoms with van der Waals surface area (Å²) >= 11 is 0. The summed E-state index contributed by atoms with van der Waals surface area (Å²) in [6.45, 7) is 9.84. The maximum atomic E-state index is 13.7. The van der Waals surface area contributed by atoms with Gasteiger partial charge in [0.1, 0.15) is 5.82 Å². The lowest BCUT2D eigenvalue weighted by atomic mass is 9.96. The summed E-state index contributed by atoms with van der Waals surface area (Å²) in [6, 6.07) is 6.42. The third-order valence-electron chi connectivity index (χ3n) is 3.51. The van der Waals surface area contributed by atoms with Crippen molar-refractivity contribution in [1.29, 1.82) is 0 Å². The standard InChI is InChI=1S/C16H26FNO2/c1-4-18(10-11-20-5-2)12-13(3)16(19)14-8-6-7-9-15(14)17/h6-9,13,16,19H,4-5,10-12H2,1-3H3. The molecule has 0 bridgehead atoms. The van der Waals surface area contributed by atoms with E-state index in [1.54, 1.807) is 18.2 Å². The van der Waals surface area contributed by atoms with Crippen molar-refractivity contribution in [2.45, 2.75) is 26.9 Å². The number of likely N-dealkylation sites (N-methyl/N-ethyl adjacent to an activating group) is 1. The number of hydrogen-bond donors (Lipinski definition) is 1. The fourth-order valence-corrected chi connectivity index (χ4v) is 2.25. The largest absolute Gasteiger partial charge is 0.388 e. The number of benzene rings is 1. The Kier molecular flexibility index (Phi) is 7.73. The lowest BCUT2D eigenvalue weighted by Crippen LogP contribution is -2.33. The fourth-order valence-electron chi connectivity index (χ4n) is 2.25. The lowest BCUT2D eigenvalue weighted by Gasteiger charge is -2.27. The fraction of sp³-hybridized carbons (Fsp3) is 0.625. The zero-order chi connectivity index (χ0) is 15.0. The molecule has 0 fully saturated rings. The SMILES string of the molecule is CCOCCN(CC)CC(C)C(O)c1ccccc1F. The number of aliphatic hydroxyl groups excluding tert-OH is 1. The van der Waals surface area contributed by atoms with Gasteiger partial charge in [0, 0.05) is 25.3 Å². The van der Waals surface area contributed by atoms with Crippen LogP contribution >= 0.6 is 0 Å². The molecule has 4 heteroatoms. The maximum absolute atomic E-state index is 13.7. The molecule has 0 saturated carbocycles. The summed E-state index contributed by atoms with van der Waals surface area (Å²) in [5.74, 6) is -0.377. The number of halogens is 1. The highest BCUT2D eigenvalue weighted by Crippen LogP contribution is 2.24. The first-order valence-corrected chi connectivity index (χ1v) is 7.32. The van der Waals surface area contributed by atoms with Gasteiger partial charge in [-0.05, 0) is 25.5 Å². The van der Waals surface area contributed by atoms with Gasteiger partial charge in [0.15, 0.2) is 0 Å². The van der Waals surface area contributed by atoms with Gasteiger partial charge < -0.3 is 14.7 Å². The monoisotopic (exact) mass is 283 g/mol. The number of ether oxygens (including phenoxy) is 1. The second-order valence-corrected chi connectivity index (χ2v) is 5.03. The Bertz CT molecular complexity index is 386. The Hall–Kier alpha value is -0.970. The number of hydrogen-bond acceptors (Lipinski definition) is 3. The van der Waals surface area contributed by atoms with Gasteiger partial charge in [-0.25, -0.2) is 4.39 Å². The molecule has 0 radical (unpaired) electrons. The predicted octanol–water partition coefficient (Wildman–Crippen LogP) is 2.85. The van der Waals surface area contributed by atoms with Crippen LogP contribution in [0.15, 0.2) is 24.3 Å². The minimum Gasteiger partial charge on any atom is -0.388 e. The van der Waals surface area contributed by atoms with E-state index in [-0.39, 0.29) is 11.7 Å². The van der Waals surface area contributed by atoms with Crippen LogP contribution in [0.25, 0.3) is 0 Å². The van der Waals surface area contributed by atoms with Gasteiger partial charge in [-0.2, -0.15) is 0 Å². The van der Waals surface area contributed by atoms with E-state index in [0.717, 1.165) is 19.6 Å². The average Bonchev–Trinajstić information content (AvgIpc) is 2.46. The second-order valence-electron chi connectivity index (χ2n) is 5.03. The Morgan fingerprint density at radius 3 is 2.60 bits per heavy atom. The van der Waals surface area contributed by atoms with Crippen LogP contribution < -0.4 is 0 Å². The molecule has 0 aromatic heterocycles. The van der Waals surface area contributed by atoms with E-state index >= 15 is 0 Å². The van der Waals surface area contributed by atoms with Crippen LogP contribution in [0.2, 0.25) is 0 Å². The van der Waals surface area contributed by atoms with E-state index in [1.165, 1.54) is 6.07 Å². The molecule has 0 aliphatic rings. The van der Waals surface area contributed by atoms with E-state index < -0.39 is 6.10 Å². The predicted molar refractivity (Wildman–Crippen MR) is 79.1 cm³/mol. The first kappa shape index (κ1) is 17.1. The van der Waals surface area contributed by atoms with E-state index in [2.05, 4.69) is 11.8 Å². The van der Waals surface area contributed by atoms with Crippen LogP contribution in [0.3, 0.4) is 0 Å². The molecule has 3 nitrogen and oxygen atoms in total. The van der Waals surface area contributed by atoms with Crippen molar-refractivity contribution in [2.75, 3.05) is 32.8 Å². The minimum absolute atomic E-state index is 0.0338. The Morgan fingerprint density at radius 1 is 1.30 bits per heavy atom. The van der Waals surface area contributed by atoms with Gasteiger partial charge in [-0.15, -0.1) is 0 Å². The van der Waals surface area contributed by atoms with Crippen molar-refractivity contribution < 1.29 is 14.2 Å². The molecule has 114 valence electrons. The summed E-state index contributed by atoms with van der Waals surface area (Å²) in [5, 5.41) is 10.3.